The Labute approximate surface area is 220 Å². The number of ether oxygens (including phenoxy) is 1. The molecule has 1 aliphatic rings. The summed E-state index contributed by atoms with van der Waals surface area (Å²) < 4.78 is 6.42. The molecule has 0 bridgehead atoms. The van der Waals surface area contributed by atoms with Crippen molar-refractivity contribution in [2.75, 3.05) is 24.6 Å². The van der Waals surface area contributed by atoms with Gasteiger partial charge in [-0.05, 0) is 66.6 Å². The zero-order chi connectivity index (χ0) is 26.7. The molecule has 1 unspecified atom stereocenters. The fraction of sp³-hybridized carbons (Fsp3) is 0.387. The minimum Gasteiger partial charge on any atom is -0.488 e. The lowest BCUT2D eigenvalue weighted by atomic mass is 9.84. The highest BCUT2D eigenvalue weighted by atomic mass is 16.5. The van der Waals surface area contributed by atoms with Crippen molar-refractivity contribution in [2.24, 2.45) is 0 Å². The monoisotopic (exact) mass is 501 g/mol. The molecular formula is C31H39N3O3. The first-order valence-corrected chi connectivity index (χ1v) is 13.1. The van der Waals surface area contributed by atoms with Crippen LogP contribution in [-0.4, -0.2) is 35.7 Å². The van der Waals surface area contributed by atoms with Crippen molar-refractivity contribution in [3.05, 3.63) is 87.5 Å². The molecule has 1 aliphatic heterocycles. The topological polar surface area (TPSA) is 87.8 Å². The zero-order valence-corrected chi connectivity index (χ0v) is 22.6. The predicted molar refractivity (Wildman–Crippen MR) is 150 cm³/mol. The normalized spacial score (nSPS) is 16.4. The van der Waals surface area contributed by atoms with Gasteiger partial charge in [0.25, 0.3) is 0 Å². The van der Waals surface area contributed by atoms with E-state index in [1.165, 1.54) is 22.3 Å². The molecule has 0 amide bonds. The van der Waals surface area contributed by atoms with Crippen LogP contribution in [0.3, 0.4) is 0 Å². The Morgan fingerprint density at radius 3 is 2.65 bits per heavy atom. The van der Waals surface area contributed by atoms with Crippen LogP contribution in [-0.2, 0) is 17.9 Å². The minimum atomic E-state index is -0.828. The van der Waals surface area contributed by atoms with Crippen LogP contribution in [0.2, 0.25) is 0 Å². The molecule has 0 aromatic heterocycles. The molecule has 3 aromatic carbocycles. The number of aliphatic carboxylic acids is 1. The molecule has 3 aromatic rings. The molecule has 6 nitrogen and oxygen atoms in total. The lowest BCUT2D eigenvalue weighted by Gasteiger charge is -2.26. The lowest BCUT2D eigenvalue weighted by Crippen LogP contribution is -2.32. The van der Waals surface area contributed by atoms with Gasteiger partial charge < -0.3 is 20.9 Å². The summed E-state index contributed by atoms with van der Waals surface area (Å²) in [5.74, 6) is -0.101. The first kappa shape index (κ1) is 26.6. The predicted octanol–water partition coefficient (Wildman–Crippen LogP) is 6.02. The van der Waals surface area contributed by atoms with Gasteiger partial charge in [0.1, 0.15) is 11.9 Å². The average Bonchev–Trinajstić information content (AvgIpc) is 3.05. The molecule has 4 N–H and O–H groups in total. The molecule has 2 atom stereocenters. The molecule has 196 valence electrons. The summed E-state index contributed by atoms with van der Waals surface area (Å²) in [6.07, 6.45) is 1.07. The second-order valence-corrected chi connectivity index (χ2v) is 10.2. The van der Waals surface area contributed by atoms with E-state index in [-0.39, 0.29) is 18.4 Å². The maximum Gasteiger partial charge on any atom is 0.304 e. The van der Waals surface area contributed by atoms with Crippen molar-refractivity contribution < 1.29 is 14.6 Å². The van der Waals surface area contributed by atoms with E-state index >= 15 is 0 Å². The molecule has 0 fully saturated rings. The van der Waals surface area contributed by atoms with Crippen molar-refractivity contribution in [1.82, 2.24) is 4.90 Å². The number of para-hydroxylation sites is 1. The van der Waals surface area contributed by atoms with Gasteiger partial charge in [-0.3, -0.25) is 9.69 Å². The quantitative estimate of drug-likeness (QED) is 0.327. The maximum absolute atomic E-state index is 11.9. The summed E-state index contributed by atoms with van der Waals surface area (Å²) >= 11 is 0. The summed E-state index contributed by atoms with van der Waals surface area (Å²) in [7, 11) is 1.84. The lowest BCUT2D eigenvalue weighted by molar-refractivity contribution is -0.137. The first-order valence-electron chi connectivity index (χ1n) is 13.1. The largest absolute Gasteiger partial charge is 0.488 e. The van der Waals surface area contributed by atoms with Gasteiger partial charge in [-0.2, -0.15) is 0 Å². The fourth-order valence-electron chi connectivity index (χ4n) is 5.38. The van der Waals surface area contributed by atoms with E-state index in [9.17, 15) is 9.90 Å². The van der Waals surface area contributed by atoms with E-state index in [0.29, 0.717) is 5.69 Å². The molecule has 37 heavy (non-hydrogen) atoms. The third-order valence-electron chi connectivity index (χ3n) is 7.64. The van der Waals surface area contributed by atoms with Crippen molar-refractivity contribution in [3.8, 4) is 5.75 Å². The number of aryl methyl sites for hydroxylation is 2. The SMILES string of the molecule is CC[C@@H]1CN(Cc2cc(C(CC(=O)O)c3ccc(NC)c(N)c3C)ccc2C)Cc2cccc(C)c2O1. The van der Waals surface area contributed by atoms with E-state index in [1.54, 1.807) is 0 Å². The minimum absolute atomic E-state index is 0.00377. The average molecular weight is 502 g/mol. The third kappa shape index (κ3) is 5.75. The number of anilines is 2. The highest BCUT2D eigenvalue weighted by Crippen LogP contribution is 2.37. The van der Waals surface area contributed by atoms with Crippen molar-refractivity contribution in [1.29, 1.82) is 0 Å². The second-order valence-electron chi connectivity index (χ2n) is 10.2. The Morgan fingerprint density at radius 2 is 1.95 bits per heavy atom. The van der Waals surface area contributed by atoms with Gasteiger partial charge in [0.05, 0.1) is 17.8 Å². The number of rotatable bonds is 8. The summed E-state index contributed by atoms with van der Waals surface area (Å²) in [5, 5.41) is 12.9. The van der Waals surface area contributed by atoms with Gasteiger partial charge in [0, 0.05) is 38.2 Å². The van der Waals surface area contributed by atoms with Gasteiger partial charge in [-0.1, -0.05) is 49.4 Å². The van der Waals surface area contributed by atoms with E-state index < -0.39 is 5.97 Å². The van der Waals surface area contributed by atoms with Gasteiger partial charge in [-0.15, -0.1) is 0 Å². The second kappa shape index (κ2) is 11.3. The number of nitrogen functional groups attached to an aromatic ring is 1. The number of carbonyl (C=O) groups is 1. The summed E-state index contributed by atoms with van der Waals surface area (Å²) in [6, 6.07) is 16.7. The van der Waals surface area contributed by atoms with Crippen LogP contribution in [0, 0.1) is 20.8 Å². The van der Waals surface area contributed by atoms with Gasteiger partial charge in [-0.25, -0.2) is 0 Å². The number of benzene rings is 3. The third-order valence-corrected chi connectivity index (χ3v) is 7.64. The van der Waals surface area contributed by atoms with E-state index in [1.807, 2.05) is 26.1 Å². The zero-order valence-electron chi connectivity index (χ0n) is 22.6. The van der Waals surface area contributed by atoms with E-state index in [2.05, 4.69) is 67.4 Å². The molecule has 4 rings (SSSR count). The number of carboxylic acid groups (broad SMARTS) is 1. The molecule has 6 heteroatoms. The van der Waals surface area contributed by atoms with Crippen LogP contribution in [0.5, 0.6) is 5.75 Å². The van der Waals surface area contributed by atoms with Crippen LogP contribution in [0.15, 0.2) is 48.5 Å². The van der Waals surface area contributed by atoms with Gasteiger partial charge in [0.15, 0.2) is 0 Å². The fourth-order valence-corrected chi connectivity index (χ4v) is 5.38. The molecule has 0 radical (unpaired) electrons. The van der Waals surface area contributed by atoms with Crippen molar-refractivity contribution >= 4 is 17.3 Å². The van der Waals surface area contributed by atoms with Crippen molar-refractivity contribution in [2.45, 2.75) is 65.6 Å². The number of carboxylic acids is 1. The standard InChI is InChI=1S/C31H39N3O3/c1-6-25-18-34(16-23-9-7-8-20(3)31(23)37-25)17-24-14-22(11-10-19(24)2)27(15-29(35)36)26-12-13-28(33-5)30(32)21(26)4/h7-14,25,27,33H,6,15-18,32H2,1-5H3,(H,35,36)/t25-,27?/m1/s1. The highest BCUT2D eigenvalue weighted by molar-refractivity contribution is 5.74. The van der Waals surface area contributed by atoms with Crippen molar-refractivity contribution in [3.63, 3.8) is 0 Å². The van der Waals surface area contributed by atoms with Crippen LogP contribution in [0.25, 0.3) is 0 Å². The first-order chi connectivity index (χ1) is 17.7. The molecular weight excluding hydrogens is 462 g/mol. The Morgan fingerprint density at radius 1 is 1.16 bits per heavy atom. The van der Waals surface area contributed by atoms with E-state index in [4.69, 9.17) is 10.5 Å². The highest BCUT2D eigenvalue weighted by Gasteiger charge is 2.25. The number of nitrogens with one attached hydrogen (secondary N) is 1. The molecule has 0 aliphatic carbocycles. The van der Waals surface area contributed by atoms with Crippen LogP contribution < -0.4 is 15.8 Å². The molecule has 1 heterocycles. The molecule has 0 spiro atoms. The van der Waals surface area contributed by atoms with Crippen LogP contribution in [0.1, 0.15) is 64.6 Å². The number of nitrogens with zero attached hydrogens (tertiary/aromatic N) is 1. The Hall–Kier alpha value is -3.51. The smallest absolute Gasteiger partial charge is 0.304 e. The summed E-state index contributed by atoms with van der Waals surface area (Å²) in [5.41, 5.74) is 15.5. The number of hydrogen-bond donors (Lipinski definition) is 3. The number of nitrogens with two attached hydrogens (primary N) is 1. The maximum atomic E-state index is 11.9. The molecule has 0 saturated carbocycles. The number of hydrogen-bond acceptors (Lipinski definition) is 5. The van der Waals surface area contributed by atoms with E-state index in [0.717, 1.165) is 54.2 Å². The number of fused-ring (bicyclic) bond motifs is 1. The molecule has 0 saturated heterocycles. The van der Waals surface area contributed by atoms with Gasteiger partial charge in [0.2, 0.25) is 0 Å². The summed E-state index contributed by atoms with van der Waals surface area (Å²) in [6.45, 7) is 10.8. The Balaban J connectivity index is 1.69. The van der Waals surface area contributed by atoms with Gasteiger partial charge >= 0.3 is 5.97 Å². The van der Waals surface area contributed by atoms with Crippen LogP contribution >= 0.6 is 0 Å². The Bertz CT molecular complexity index is 1290. The summed E-state index contributed by atoms with van der Waals surface area (Å²) in [4.78, 5) is 14.4. The Kier molecular flexibility index (Phi) is 8.08. The van der Waals surface area contributed by atoms with Crippen LogP contribution in [0.4, 0.5) is 11.4 Å².